The fourth-order valence-corrected chi connectivity index (χ4v) is 3.55. The number of hydrogen-bond donors (Lipinski definition) is 0. The first-order valence-electron chi connectivity index (χ1n) is 9.54. The van der Waals surface area contributed by atoms with Gasteiger partial charge in [0.2, 0.25) is 0 Å². The summed E-state index contributed by atoms with van der Waals surface area (Å²) in [5.74, 6) is 2.44. The van der Waals surface area contributed by atoms with Crippen LogP contribution in [0.15, 0.2) is 36.4 Å². The quantitative estimate of drug-likeness (QED) is 0.695. The van der Waals surface area contributed by atoms with Crippen LogP contribution in [0.25, 0.3) is 0 Å². The molecule has 0 fully saturated rings. The highest BCUT2D eigenvalue weighted by Crippen LogP contribution is 2.38. The molecular formula is C22H31N3O3. The van der Waals surface area contributed by atoms with E-state index >= 15 is 0 Å². The van der Waals surface area contributed by atoms with E-state index in [9.17, 15) is 0 Å². The molecule has 2 aromatic carbocycles. The van der Waals surface area contributed by atoms with Gasteiger partial charge in [-0.1, -0.05) is 12.1 Å². The first-order valence-corrected chi connectivity index (χ1v) is 9.54. The summed E-state index contributed by atoms with van der Waals surface area (Å²) in [6.45, 7) is 4.58. The lowest BCUT2D eigenvalue weighted by Gasteiger charge is -2.39. The van der Waals surface area contributed by atoms with Crippen LogP contribution in [-0.2, 0) is 13.1 Å². The SMILES string of the molecule is COc1ccc(CN2Cc3cc(OC)c(OC)cc3N(CCN(C)C)C2)cc1. The van der Waals surface area contributed by atoms with E-state index in [0.29, 0.717) is 0 Å². The van der Waals surface area contributed by atoms with Crippen LogP contribution < -0.4 is 19.1 Å². The van der Waals surface area contributed by atoms with E-state index in [1.165, 1.54) is 16.8 Å². The summed E-state index contributed by atoms with van der Waals surface area (Å²) in [5.41, 5.74) is 3.76. The minimum atomic E-state index is 0.778. The van der Waals surface area contributed by atoms with Crippen molar-refractivity contribution < 1.29 is 14.2 Å². The van der Waals surface area contributed by atoms with E-state index < -0.39 is 0 Å². The van der Waals surface area contributed by atoms with E-state index in [4.69, 9.17) is 14.2 Å². The maximum absolute atomic E-state index is 5.53. The predicted molar refractivity (Wildman–Crippen MR) is 113 cm³/mol. The largest absolute Gasteiger partial charge is 0.497 e. The van der Waals surface area contributed by atoms with Gasteiger partial charge in [-0.25, -0.2) is 0 Å². The lowest BCUT2D eigenvalue weighted by molar-refractivity contribution is 0.238. The standard InChI is InChI=1S/C22H31N3O3/c1-23(2)10-11-25-16-24(14-17-6-8-19(26-3)9-7-17)15-18-12-21(27-4)22(28-5)13-20(18)25/h6-9,12-13H,10-11,14-16H2,1-5H3. The highest BCUT2D eigenvalue weighted by molar-refractivity contribution is 5.63. The van der Waals surface area contributed by atoms with Crippen LogP contribution in [0.4, 0.5) is 5.69 Å². The number of fused-ring (bicyclic) bond motifs is 1. The minimum absolute atomic E-state index is 0.778. The molecule has 6 heteroatoms. The normalized spacial score (nSPS) is 14.1. The topological polar surface area (TPSA) is 37.4 Å². The van der Waals surface area contributed by atoms with Crippen LogP contribution in [0.1, 0.15) is 11.1 Å². The first-order chi connectivity index (χ1) is 13.5. The van der Waals surface area contributed by atoms with Crippen molar-refractivity contribution in [2.24, 2.45) is 0 Å². The van der Waals surface area contributed by atoms with Crippen LogP contribution in [0.2, 0.25) is 0 Å². The van der Waals surface area contributed by atoms with E-state index in [-0.39, 0.29) is 0 Å². The molecule has 0 amide bonds. The molecule has 2 aromatic rings. The molecule has 1 aliphatic heterocycles. The van der Waals surface area contributed by atoms with Crippen LogP contribution in [-0.4, -0.2) is 65.0 Å². The summed E-state index contributed by atoms with van der Waals surface area (Å²) < 4.78 is 16.3. The number of benzene rings is 2. The third-order valence-electron chi connectivity index (χ3n) is 5.07. The predicted octanol–water partition coefficient (Wildman–Crippen LogP) is 3.05. The van der Waals surface area contributed by atoms with E-state index in [1.54, 1.807) is 21.3 Å². The monoisotopic (exact) mass is 385 g/mol. The molecule has 0 bridgehead atoms. The van der Waals surface area contributed by atoms with Crippen LogP contribution >= 0.6 is 0 Å². The number of ether oxygens (including phenoxy) is 3. The minimum Gasteiger partial charge on any atom is -0.497 e. The number of rotatable bonds is 8. The fourth-order valence-electron chi connectivity index (χ4n) is 3.55. The average Bonchev–Trinajstić information content (AvgIpc) is 2.71. The molecule has 0 radical (unpaired) electrons. The Morgan fingerprint density at radius 3 is 2.21 bits per heavy atom. The number of methoxy groups -OCH3 is 3. The Morgan fingerprint density at radius 1 is 0.929 bits per heavy atom. The van der Waals surface area contributed by atoms with Crippen molar-refractivity contribution in [3.63, 3.8) is 0 Å². The zero-order chi connectivity index (χ0) is 20.1. The van der Waals surface area contributed by atoms with Crippen molar-refractivity contribution in [3.05, 3.63) is 47.5 Å². The smallest absolute Gasteiger partial charge is 0.162 e. The van der Waals surface area contributed by atoms with Gasteiger partial charge in [0.15, 0.2) is 11.5 Å². The van der Waals surface area contributed by atoms with Crippen molar-refractivity contribution in [1.82, 2.24) is 9.80 Å². The molecule has 152 valence electrons. The molecule has 0 aromatic heterocycles. The van der Waals surface area contributed by atoms with Gasteiger partial charge >= 0.3 is 0 Å². The molecule has 28 heavy (non-hydrogen) atoms. The van der Waals surface area contributed by atoms with Gasteiger partial charge in [-0.2, -0.15) is 0 Å². The van der Waals surface area contributed by atoms with Gasteiger partial charge in [-0.15, -0.1) is 0 Å². The molecule has 6 nitrogen and oxygen atoms in total. The zero-order valence-electron chi connectivity index (χ0n) is 17.6. The fraction of sp³-hybridized carbons (Fsp3) is 0.455. The third-order valence-corrected chi connectivity index (χ3v) is 5.07. The maximum Gasteiger partial charge on any atom is 0.162 e. The second-order valence-corrected chi connectivity index (χ2v) is 7.38. The molecular weight excluding hydrogens is 354 g/mol. The number of likely N-dealkylation sites (N-methyl/N-ethyl adjacent to an activating group) is 1. The maximum atomic E-state index is 5.53. The summed E-state index contributed by atoms with van der Waals surface area (Å²) in [5, 5.41) is 0. The van der Waals surface area contributed by atoms with Crippen LogP contribution in [0.3, 0.4) is 0 Å². The number of hydrogen-bond acceptors (Lipinski definition) is 6. The third kappa shape index (κ3) is 4.69. The summed E-state index contributed by atoms with van der Waals surface area (Å²) in [7, 11) is 9.28. The van der Waals surface area contributed by atoms with E-state index in [0.717, 1.165) is 50.1 Å². The van der Waals surface area contributed by atoms with Crippen molar-refractivity contribution in [2.45, 2.75) is 13.1 Å². The summed E-state index contributed by atoms with van der Waals surface area (Å²) in [6, 6.07) is 12.5. The molecule has 0 saturated heterocycles. The molecule has 3 rings (SSSR count). The zero-order valence-corrected chi connectivity index (χ0v) is 17.6. The highest BCUT2D eigenvalue weighted by Gasteiger charge is 2.25. The van der Waals surface area contributed by atoms with Crippen molar-refractivity contribution >= 4 is 5.69 Å². The van der Waals surface area contributed by atoms with Crippen LogP contribution in [0, 0.1) is 0 Å². The second-order valence-electron chi connectivity index (χ2n) is 7.38. The summed E-state index contributed by atoms with van der Waals surface area (Å²) >= 11 is 0. The summed E-state index contributed by atoms with van der Waals surface area (Å²) in [6.07, 6.45) is 0. The van der Waals surface area contributed by atoms with Crippen molar-refractivity contribution in [1.29, 1.82) is 0 Å². The van der Waals surface area contributed by atoms with Crippen LogP contribution in [0.5, 0.6) is 17.2 Å². The molecule has 0 unspecified atom stereocenters. The molecule has 0 saturated carbocycles. The van der Waals surface area contributed by atoms with Gasteiger partial charge in [0.1, 0.15) is 5.75 Å². The Balaban J connectivity index is 1.85. The molecule has 1 heterocycles. The number of nitrogens with zero attached hydrogens (tertiary/aromatic N) is 3. The molecule has 0 aliphatic carbocycles. The van der Waals surface area contributed by atoms with E-state index in [2.05, 4.69) is 53.1 Å². The Hall–Kier alpha value is -2.44. The Kier molecular flexibility index (Phi) is 6.65. The molecule has 0 spiro atoms. The van der Waals surface area contributed by atoms with Crippen molar-refractivity contribution in [3.8, 4) is 17.2 Å². The van der Waals surface area contributed by atoms with Gasteiger partial charge in [-0.3, -0.25) is 4.90 Å². The Labute approximate surface area is 168 Å². The molecule has 1 aliphatic rings. The lowest BCUT2D eigenvalue weighted by atomic mass is 10.1. The van der Waals surface area contributed by atoms with Crippen molar-refractivity contribution in [2.75, 3.05) is 60.1 Å². The molecule has 0 atom stereocenters. The average molecular weight is 386 g/mol. The van der Waals surface area contributed by atoms with Gasteiger partial charge < -0.3 is 24.0 Å². The Morgan fingerprint density at radius 2 is 1.61 bits per heavy atom. The van der Waals surface area contributed by atoms with Gasteiger partial charge in [0, 0.05) is 37.9 Å². The molecule has 0 N–H and O–H groups in total. The van der Waals surface area contributed by atoms with E-state index in [1.807, 2.05) is 12.1 Å². The van der Waals surface area contributed by atoms with Gasteiger partial charge in [-0.05, 0) is 43.4 Å². The lowest BCUT2D eigenvalue weighted by Crippen LogP contribution is -2.44. The summed E-state index contributed by atoms with van der Waals surface area (Å²) in [4.78, 5) is 7.08. The van der Waals surface area contributed by atoms with Gasteiger partial charge in [0.25, 0.3) is 0 Å². The first kappa shape index (κ1) is 20.3. The highest BCUT2D eigenvalue weighted by atomic mass is 16.5. The second kappa shape index (κ2) is 9.17. The Bertz CT molecular complexity index is 777. The number of anilines is 1. The van der Waals surface area contributed by atoms with Gasteiger partial charge in [0.05, 0.1) is 28.0 Å².